The van der Waals surface area contributed by atoms with E-state index in [0.717, 1.165) is 25.0 Å². The molecule has 1 aromatic rings. The van der Waals surface area contributed by atoms with Gasteiger partial charge in [0.15, 0.2) is 5.17 Å². The smallest absolute Gasteiger partial charge is 0.240 e. The fraction of sp³-hybridized carbons (Fsp3) is 0.471. The van der Waals surface area contributed by atoms with Crippen molar-refractivity contribution in [3.8, 4) is 0 Å². The zero-order chi connectivity index (χ0) is 17.6. The van der Waals surface area contributed by atoms with Crippen LogP contribution in [0.1, 0.15) is 24.8 Å². The molecular formula is C17H20ClN3O3S. The van der Waals surface area contributed by atoms with Crippen LogP contribution in [-0.2, 0) is 20.9 Å². The van der Waals surface area contributed by atoms with Gasteiger partial charge in [-0.2, -0.15) is 0 Å². The Hall–Kier alpha value is -1.57. The van der Waals surface area contributed by atoms with E-state index in [2.05, 4.69) is 15.6 Å². The average Bonchev–Trinajstić information content (AvgIpc) is 3.23. The lowest BCUT2D eigenvalue weighted by atomic mass is 10.2. The number of carbonyl (C=O) groups is 2. The van der Waals surface area contributed by atoms with Gasteiger partial charge in [-0.25, -0.2) is 0 Å². The van der Waals surface area contributed by atoms with Crippen molar-refractivity contribution in [3.05, 3.63) is 34.9 Å². The Labute approximate surface area is 155 Å². The molecule has 3 rings (SSSR count). The maximum atomic E-state index is 12.1. The van der Waals surface area contributed by atoms with Crippen LogP contribution in [0.2, 0.25) is 5.02 Å². The number of carbonyl (C=O) groups excluding carboxylic acids is 2. The molecule has 2 N–H and O–H groups in total. The Kier molecular flexibility index (Phi) is 6.34. The average molecular weight is 382 g/mol. The Morgan fingerprint density at radius 1 is 1.40 bits per heavy atom. The third-order valence-electron chi connectivity index (χ3n) is 4.01. The van der Waals surface area contributed by atoms with Crippen LogP contribution in [0.4, 0.5) is 0 Å². The van der Waals surface area contributed by atoms with Crippen molar-refractivity contribution in [2.24, 2.45) is 4.99 Å². The monoisotopic (exact) mass is 381 g/mol. The molecular weight excluding hydrogens is 362 g/mol. The van der Waals surface area contributed by atoms with E-state index in [-0.39, 0.29) is 24.3 Å². The highest BCUT2D eigenvalue weighted by Crippen LogP contribution is 2.23. The summed E-state index contributed by atoms with van der Waals surface area (Å²) in [5, 5.41) is 6.36. The number of aliphatic imine (C=N–C) groups is 1. The van der Waals surface area contributed by atoms with Gasteiger partial charge < -0.3 is 15.4 Å². The molecule has 2 fully saturated rings. The summed E-state index contributed by atoms with van der Waals surface area (Å²) in [5.74, 6) is -0.333. The molecule has 0 radical (unpaired) electrons. The number of amidine groups is 1. The molecule has 2 aliphatic heterocycles. The van der Waals surface area contributed by atoms with Crippen LogP contribution in [0.25, 0.3) is 0 Å². The summed E-state index contributed by atoms with van der Waals surface area (Å²) in [4.78, 5) is 28.5. The van der Waals surface area contributed by atoms with E-state index in [1.807, 2.05) is 12.1 Å². The van der Waals surface area contributed by atoms with Gasteiger partial charge >= 0.3 is 0 Å². The molecule has 1 aromatic carbocycles. The number of rotatable bonds is 6. The minimum atomic E-state index is -0.437. The maximum Gasteiger partial charge on any atom is 0.240 e. The van der Waals surface area contributed by atoms with E-state index in [4.69, 9.17) is 16.3 Å². The minimum Gasteiger partial charge on any atom is -0.376 e. The largest absolute Gasteiger partial charge is 0.376 e. The lowest BCUT2D eigenvalue weighted by Gasteiger charge is -2.07. The fourth-order valence-electron chi connectivity index (χ4n) is 2.63. The summed E-state index contributed by atoms with van der Waals surface area (Å²) in [6.07, 6.45) is 2.34. The van der Waals surface area contributed by atoms with E-state index in [1.54, 1.807) is 12.1 Å². The molecule has 2 amide bonds. The number of ether oxygens (including phenoxy) is 1. The molecule has 0 aliphatic carbocycles. The van der Waals surface area contributed by atoms with Gasteiger partial charge in [-0.1, -0.05) is 35.5 Å². The number of hydrogen-bond acceptors (Lipinski definition) is 5. The second kappa shape index (κ2) is 8.69. The predicted molar refractivity (Wildman–Crippen MR) is 98.7 cm³/mol. The number of thioether (sulfide) groups is 1. The third-order valence-corrected chi connectivity index (χ3v) is 5.38. The van der Waals surface area contributed by atoms with Gasteiger partial charge in [0, 0.05) is 24.6 Å². The molecule has 2 aliphatic rings. The fourth-order valence-corrected chi connectivity index (χ4v) is 3.74. The Bertz CT molecular complexity index is 660. The minimum absolute atomic E-state index is 0.128. The number of nitrogens with one attached hydrogen (secondary N) is 2. The van der Waals surface area contributed by atoms with E-state index < -0.39 is 5.25 Å². The molecule has 6 nitrogen and oxygen atoms in total. The van der Waals surface area contributed by atoms with Gasteiger partial charge in [-0.15, -0.1) is 0 Å². The van der Waals surface area contributed by atoms with Gasteiger partial charge in [0.2, 0.25) is 11.8 Å². The lowest BCUT2D eigenvalue weighted by Crippen LogP contribution is -2.31. The van der Waals surface area contributed by atoms with Crippen molar-refractivity contribution in [1.82, 2.24) is 10.6 Å². The molecule has 0 spiro atoms. The SMILES string of the molecule is O=C(C[C@H]1SC(=NC[C@@H]2CCCO2)NC1=O)NCc1ccc(Cl)cc1. The molecule has 8 heteroatoms. The van der Waals surface area contributed by atoms with Crippen molar-refractivity contribution in [2.45, 2.75) is 37.2 Å². The van der Waals surface area contributed by atoms with Gasteiger partial charge in [-0.3, -0.25) is 14.6 Å². The third kappa shape index (κ3) is 5.45. The van der Waals surface area contributed by atoms with Crippen molar-refractivity contribution >= 4 is 40.3 Å². The van der Waals surface area contributed by atoms with Crippen LogP contribution in [0.3, 0.4) is 0 Å². The second-order valence-electron chi connectivity index (χ2n) is 5.98. The van der Waals surface area contributed by atoms with Crippen LogP contribution in [0.15, 0.2) is 29.3 Å². The van der Waals surface area contributed by atoms with E-state index >= 15 is 0 Å². The lowest BCUT2D eigenvalue weighted by molar-refractivity contribution is -0.125. The van der Waals surface area contributed by atoms with Crippen molar-refractivity contribution in [1.29, 1.82) is 0 Å². The number of nitrogens with zero attached hydrogens (tertiary/aromatic N) is 1. The summed E-state index contributed by atoms with van der Waals surface area (Å²) < 4.78 is 5.51. The predicted octanol–water partition coefficient (Wildman–Crippen LogP) is 2.11. The molecule has 0 bridgehead atoms. The summed E-state index contributed by atoms with van der Waals surface area (Å²) in [7, 11) is 0. The standard InChI is InChI=1S/C17H20ClN3O3S/c18-12-5-3-11(4-6-12)9-19-15(22)8-14-16(23)21-17(25-14)20-10-13-2-1-7-24-13/h3-6,13-14H,1-2,7-10H2,(H,19,22)(H,20,21,23)/t13-,14+/m0/s1. The van der Waals surface area contributed by atoms with E-state index in [0.29, 0.717) is 23.3 Å². The van der Waals surface area contributed by atoms with Gasteiger partial charge in [0.1, 0.15) is 5.25 Å². The highest BCUT2D eigenvalue weighted by atomic mass is 35.5. The van der Waals surface area contributed by atoms with Crippen LogP contribution < -0.4 is 10.6 Å². The highest BCUT2D eigenvalue weighted by molar-refractivity contribution is 8.15. The molecule has 2 saturated heterocycles. The Morgan fingerprint density at radius 2 is 2.20 bits per heavy atom. The normalized spacial score (nSPS) is 24.5. The first-order chi connectivity index (χ1) is 12.1. The molecule has 25 heavy (non-hydrogen) atoms. The van der Waals surface area contributed by atoms with Crippen molar-refractivity contribution in [2.75, 3.05) is 13.2 Å². The summed E-state index contributed by atoms with van der Waals surface area (Å²) in [6, 6.07) is 7.27. The first kappa shape index (κ1) is 18.2. The number of hydrogen-bond donors (Lipinski definition) is 2. The van der Waals surface area contributed by atoms with E-state index in [1.165, 1.54) is 11.8 Å². The molecule has 0 unspecified atom stereocenters. The second-order valence-corrected chi connectivity index (χ2v) is 7.61. The topological polar surface area (TPSA) is 79.8 Å². The molecule has 0 saturated carbocycles. The van der Waals surface area contributed by atoms with E-state index in [9.17, 15) is 9.59 Å². The summed E-state index contributed by atoms with van der Waals surface area (Å²) in [5.41, 5.74) is 0.958. The maximum absolute atomic E-state index is 12.1. The van der Waals surface area contributed by atoms with Crippen LogP contribution in [0, 0.1) is 0 Å². The summed E-state index contributed by atoms with van der Waals surface area (Å²) >= 11 is 7.14. The zero-order valence-corrected chi connectivity index (χ0v) is 15.2. The number of halogens is 1. The first-order valence-electron chi connectivity index (χ1n) is 8.25. The summed E-state index contributed by atoms with van der Waals surface area (Å²) in [6.45, 7) is 1.75. The molecule has 2 heterocycles. The van der Waals surface area contributed by atoms with Gasteiger partial charge in [0.25, 0.3) is 0 Å². The van der Waals surface area contributed by atoms with Crippen LogP contribution in [0.5, 0.6) is 0 Å². The number of amides is 2. The van der Waals surface area contributed by atoms with Gasteiger partial charge in [0.05, 0.1) is 12.6 Å². The van der Waals surface area contributed by atoms with Crippen molar-refractivity contribution in [3.63, 3.8) is 0 Å². The molecule has 0 aromatic heterocycles. The Balaban J connectivity index is 1.43. The van der Waals surface area contributed by atoms with Crippen LogP contribution >= 0.6 is 23.4 Å². The quantitative estimate of drug-likeness (QED) is 0.791. The zero-order valence-electron chi connectivity index (χ0n) is 13.7. The van der Waals surface area contributed by atoms with Crippen LogP contribution in [-0.4, -0.2) is 41.5 Å². The van der Waals surface area contributed by atoms with Gasteiger partial charge in [-0.05, 0) is 30.5 Å². The Morgan fingerprint density at radius 3 is 2.92 bits per heavy atom. The highest BCUT2D eigenvalue weighted by Gasteiger charge is 2.32. The number of benzene rings is 1. The molecule has 134 valence electrons. The first-order valence-corrected chi connectivity index (χ1v) is 9.50. The molecule has 2 atom stereocenters. The van der Waals surface area contributed by atoms with Crippen molar-refractivity contribution < 1.29 is 14.3 Å².